The van der Waals surface area contributed by atoms with Crippen LogP contribution in [0.5, 0.6) is 0 Å². The summed E-state index contributed by atoms with van der Waals surface area (Å²) in [5.41, 5.74) is 0.540. The topological polar surface area (TPSA) is 81.6 Å². The molecule has 0 bridgehead atoms. The van der Waals surface area contributed by atoms with Gasteiger partial charge in [0.15, 0.2) is 0 Å². The van der Waals surface area contributed by atoms with Crippen molar-refractivity contribution < 1.29 is 17.3 Å². The predicted molar refractivity (Wildman–Crippen MR) is 69.3 cm³/mol. The number of hydrogen-bond donors (Lipinski definition) is 0. The van der Waals surface area contributed by atoms with E-state index < -0.39 is 10.1 Å². The summed E-state index contributed by atoms with van der Waals surface area (Å²) >= 11 is 0. The molecule has 2 rings (SSSR count). The smallest absolute Gasteiger partial charge is 0.264 e. The van der Waals surface area contributed by atoms with E-state index in [4.69, 9.17) is 8.92 Å². The van der Waals surface area contributed by atoms with Crippen LogP contribution in [0.3, 0.4) is 0 Å². The first kappa shape index (κ1) is 14.2. The molecule has 0 N–H and O–H groups in total. The van der Waals surface area contributed by atoms with Crippen LogP contribution in [0.15, 0.2) is 12.3 Å². The van der Waals surface area contributed by atoms with Crippen molar-refractivity contribution in [1.29, 1.82) is 0 Å². The Morgan fingerprint density at radius 3 is 2.89 bits per heavy atom. The summed E-state index contributed by atoms with van der Waals surface area (Å²) in [5.74, 6) is 0.586. The molecule has 0 amide bonds. The van der Waals surface area contributed by atoms with E-state index in [2.05, 4.69) is 9.97 Å². The van der Waals surface area contributed by atoms with Crippen molar-refractivity contribution in [3.05, 3.63) is 18.0 Å². The average molecular weight is 287 g/mol. The van der Waals surface area contributed by atoms with Crippen LogP contribution in [0.25, 0.3) is 0 Å². The van der Waals surface area contributed by atoms with E-state index >= 15 is 0 Å². The van der Waals surface area contributed by atoms with E-state index in [1.165, 1.54) is 0 Å². The summed E-state index contributed by atoms with van der Waals surface area (Å²) in [6.07, 6.45) is 3.66. The Balaban J connectivity index is 2.03. The second-order valence-corrected chi connectivity index (χ2v) is 6.05. The van der Waals surface area contributed by atoms with Gasteiger partial charge in [0.05, 0.1) is 24.6 Å². The van der Waals surface area contributed by atoms with Crippen molar-refractivity contribution >= 4 is 16.1 Å². The van der Waals surface area contributed by atoms with E-state index in [0.717, 1.165) is 19.2 Å². The largest absolute Gasteiger partial charge is 0.383 e. The van der Waals surface area contributed by atoms with Gasteiger partial charge < -0.3 is 9.64 Å². The van der Waals surface area contributed by atoms with Crippen LogP contribution in [-0.4, -0.2) is 50.9 Å². The molecule has 1 aromatic heterocycles. The highest BCUT2D eigenvalue weighted by Crippen LogP contribution is 2.23. The minimum absolute atomic E-state index is 0.0723. The van der Waals surface area contributed by atoms with Gasteiger partial charge in [0.1, 0.15) is 6.61 Å². The van der Waals surface area contributed by atoms with Gasteiger partial charge in [-0.3, -0.25) is 4.18 Å². The third-order valence-electron chi connectivity index (χ3n) is 2.88. The molecule has 0 aliphatic carbocycles. The average Bonchev–Trinajstić information content (AvgIpc) is 2.32. The van der Waals surface area contributed by atoms with Gasteiger partial charge in [0, 0.05) is 19.9 Å². The van der Waals surface area contributed by atoms with Crippen molar-refractivity contribution in [1.82, 2.24) is 9.97 Å². The Hall–Kier alpha value is -1.25. The molecule has 8 heteroatoms. The fourth-order valence-electron chi connectivity index (χ4n) is 1.84. The summed E-state index contributed by atoms with van der Waals surface area (Å²) < 4.78 is 31.7. The van der Waals surface area contributed by atoms with Crippen LogP contribution in [-0.2, 0) is 25.6 Å². The lowest BCUT2D eigenvalue weighted by atomic mass is 10.1. The number of anilines is 1. The molecule has 0 aromatic carbocycles. The molecule has 2 heterocycles. The number of methoxy groups -OCH3 is 1. The van der Waals surface area contributed by atoms with Crippen molar-refractivity contribution in [2.45, 2.75) is 19.1 Å². The summed E-state index contributed by atoms with van der Waals surface area (Å²) in [7, 11) is -1.80. The Labute approximate surface area is 112 Å². The van der Waals surface area contributed by atoms with Gasteiger partial charge in [-0.05, 0) is 12.5 Å². The molecule has 7 nitrogen and oxygen atoms in total. The third kappa shape index (κ3) is 3.85. The second kappa shape index (κ2) is 5.81. The molecule has 0 radical (unpaired) electrons. The van der Waals surface area contributed by atoms with Crippen LogP contribution >= 0.6 is 0 Å². The monoisotopic (exact) mass is 287 g/mol. The van der Waals surface area contributed by atoms with E-state index in [0.29, 0.717) is 18.2 Å². The normalized spacial score (nSPS) is 19.3. The molecule has 1 aliphatic rings. The standard InChI is InChI=1S/C11H17N3O4S/c1-17-8-10-4-6-14(10)11-12-5-3-9(13-11)7-18-19(2,15)16/h3,5,10H,4,6-8H2,1-2H3. The fourth-order valence-corrected chi connectivity index (χ4v) is 2.18. The van der Waals surface area contributed by atoms with Gasteiger partial charge >= 0.3 is 0 Å². The van der Waals surface area contributed by atoms with Gasteiger partial charge in [0.25, 0.3) is 10.1 Å². The lowest BCUT2D eigenvalue weighted by molar-refractivity contribution is 0.156. The fraction of sp³-hybridized carbons (Fsp3) is 0.636. The Kier molecular flexibility index (Phi) is 4.33. The van der Waals surface area contributed by atoms with Gasteiger partial charge in [-0.2, -0.15) is 8.42 Å². The second-order valence-electron chi connectivity index (χ2n) is 4.41. The summed E-state index contributed by atoms with van der Waals surface area (Å²) in [4.78, 5) is 10.5. The highest BCUT2D eigenvalue weighted by atomic mass is 32.2. The summed E-state index contributed by atoms with van der Waals surface area (Å²) in [6, 6.07) is 1.93. The van der Waals surface area contributed by atoms with Gasteiger partial charge in [0.2, 0.25) is 5.95 Å². The highest BCUT2D eigenvalue weighted by Gasteiger charge is 2.29. The van der Waals surface area contributed by atoms with Gasteiger partial charge in [-0.15, -0.1) is 0 Å². The van der Waals surface area contributed by atoms with Crippen molar-refractivity contribution in [2.24, 2.45) is 0 Å². The number of hydrogen-bond acceptors (Lipinski definition) is 7. The summed E-state index contributed by atoms with van der Waals surface area (Å²) in [6.45, 7) is 1.44. The molecule has 1 aliphatic heterocycles. The minimum Gasteiger partial charge on any atom is -0.383 e. The predicted octanol–water partition coefficient (Wildman–Crippen LogP) is 0.178. The number of ether oxygens (including phenoxy) is 1. The van der Waals surface area contributed by atoms with Crippen molar-refractivity contribution in [3.63, 3.8) is 0 Å². The van der Waals surface area contributed by atoms with Crippen LogP contribution < -0.4 is 4.90 Å². The van der Waals surface area contributed by atoms with Crippen LogP contribution in [0.4, 0.5) is 5.95 Å². The number of rotatable bonds is 6. The van der Waals surface area contributed by atoms with Crippen LogP contribution in [0.2, 0.25) is 0 Å². The first-order valence-corrected chi connectivity index (χ1v) is 7.73. The SMILES string of the molecule is COCC1CCN1c1nccc(COS(C)(=O)=O)n1. The maximum atomic E-state index is 10.9. The van der Waals surface area contributed by atoms with E-state index in [1.54, 1.807) is 19.4 Å². The molecule has 1 fully saturated rings. The molecule has 1 unspecified atom stereocenters. The molecule has 1 aromatic rings. The highest BCUT2D eigenvalue weighted by molar-refractivity contribution is 7.85. The van der Waals surface area contributed by atoms with Crippen molar-refractivity contribution in [2.75, 3.05) is 31.4 Å². The molecular weight excluding hydrogens is 270 g/mol. The van der Waals surface area contributed by atoms with Crippen LogP contribution in [0.1, 0.15) is 12.1 Å². The van der Waals surface area contributed by atoms with E-state index in [1.807, 2.05) is 4.90 Å². The first-order valence-electron chi connectivity index (χ1n) is 5.91. The van der Waals surface area contributed by atoms with Crippen LogP contribution in [0, 0.1) is 0 Å². The maximum absolute atomic E-state index is 10.9. The molecule has 1 saturated heterocycles. The minimum atomic E-state index is -3.46. The maximum Gasteiger partial charge on any atom is 0.264 e. The zero-order valence-corrected chi connectivity index (χ0v) is 11.8. The Morgan fingerprint density at radius 1 is 1.53 bits per heavy atom. The van der Waals surface area contributed by atoms with Gasteiger partial charge in [-0.1, -0.05) is 0 Å². The lowest BCUT2D eigenvalue weighted by Crippen LogP contribution is -2.51. The summed E-state index contributed by atoms with van der Waals surface area (Å²) in [5, 5.41) is 0. The zero-order valence-electron chi connectivity index (χ0n) is 10.9. The lowest BCUT2D eigenvalue weighted by Gasteiger charge is -2.40. The molecule has 1 atom stereocenters. The quantitative estimate of drug-likeness (QED) is 0.690. The van der Waals surface area contributed by atoms with E-state index in [9.17, 15) is 8.42 Å². The Bertz CT molecular complexity index is 534. The number of nitrogens with zero attached hydrogens (tertiary/aromatic N) is 3. The first-order chi connectivity index (χ1) is 8.99. The number of aromatic nitrogens is 2. The Morgan fingerprint density at radius 2 is 2.32 bits per heavy atom. The molecule has 106 valence electrons. The zero-order chi connectivity index (χ0) is 13.9. The van der Waals surface area contributed by atoms with Crippen molar-refractivity contribution in [3.8, 4) is 0 Å². The molecular formula is C11H17N3O4S. The molecule has 0 spiro atoms. The van der Waals surface area contributed by atoms with E-state index in [-0.39, 0.29) is 12.6 Å². The third-order valence-corrected chi connectivity index (χ3v) is 3.43. The van der Waals surface area contributed by atoms with Gasteiger partial charge in [-0.25, -0.2) is 9.97 Å². The molecule has 0 saturated carbocycles. The molecule has 19 heavy (non-hydrogen) atoms.